The predicted molar refractivity (Wildman–Crippen MR) is 143 cm³/mol. The van der Waals surface area contributed by atoms with E-state index in [1.54, 1.807) is 36.9 Å². The maximum Gasteiger partial charge on any atom is 0.259 e. The van der Waals surface area contributed by atoms with Crippen molar-refractivity contribution in [3.8, 4) is 0 Å². The number of benzene rings is 1. The van der Waals surface area contributed by atoms with Crippen LogP contribution in [-0.2, 0) is 19.5 Å². The van der Waals surface area contributed by atoms with Crippen molar-refractivity contribution in [2.75, 3.05) is 18.0 Å². The van der Waals surface area contributed by atoms with Crippen LogP contribution in [0.15, 0.2) is 53.5 Å². The summed E-state index contributed by atoms with van der Waals surface area (Å²) in [6.45, 7) is 6.71. The highest BCUT2D eigenvalue weighted by Gasteiger charge is 2.22. The third-order valence-corrected chi connectivity index (χ3v) is 6.61. The molecule has 0 spiro atoms. The zero-order valence-electron chi connectivity index (χ0n) is 21.8. The van der Waals surface area contributed by atoms with Gasteiger partial charge in [-0.1, -0.05) is 38.3 Å². The standard InChI is InChI=1S/C29H37N5O3/c1-21(2)15-26-25(20-37-33-26)19-32-28(35)22-10-11-27-24(16-22)18-30-12-6-4-3-5-7-14-34(27)29(36)23-9-8-13-31-17-23/h8-11,13,16-17,20-21,30H,3-7,12,14-15,18-19H2,1-2H3,(H,32,35). The quantitative estimate of drug-likeness (QED) is 0.496. The second-order valence-electron chi connectivity index (χ2n) is 10.1. The average molecular weight is 504 g/mol. The molecule has 1 aliphatic heterocycles. The molecular weight excluding hydrogens is 466 g/mol. The largest absolute Gasteiger partial charge is 0.364 e. The van der Waals surface area contributed by atoms with E-state index in [9.17, 15) is 9.59 Å². The maximum absolute atomic E-state index is 13.5. The van der Waals surface area contributed by atoms with Crippen LogP contribution in [0, 0.1) is 5.92 Å². The van der Waals surface area contributed by atoms with E-state index < -0.39 is 0 Å². The first-order chi connectivity index (χ1) is 18.0. The molecule has 3 heterocycles. The smallest absolute Gasteiger partial charge is 0.259 e. The highest BCUT2D eigenvalue weighted by molar-refractivity contribution is 6.06. The van der Waals surface area contributed by atoms with Crippen LogP contribution >= 0.6 is 0 Å². The lowest BCUT2D eigenvalue weighted by Gasteiger charge is -2.26. The van der Waals surface area contributed by atoms with Crippen LogP contribution in [0.1, 0.15) is 83.5 Å². The van der Waals surface area contributed by atoms with E-state index in [2.05, 4.69) is 34.6 Å². The zero-order chi connectivity index (χ0) is 26.0. The van der Waals surface area contributed by atoms with Gasteiger partial charge in [-0.15, -0.1) is 0 Å². The number of rotatable bonds is 6. The van der Waals surface area contributed by atoms with Gasteiger partial charge in [0.15, 0.2) is 0 Å². The van der Waals surface area contributed by atoms with Gasteiger partial charge >= 0.3 is 0 Å². The normalized spacial score (nSPS) is 14.9. The van der Waals surface area contributed by atoms with Crippen molar-refractivity contribution in [1.29, 1.82) is 0 Å². The molecule has 0 radical (unpaired) electrons. The average Bonchev–Trinajstić information content (AvgIpc) is 3.34. The van der Waals surface area contributed by atoms with Crippen LogP contribution < -0.4 is 15.5 Å². The van der Waals surface area contributed by atoms with Gasteiger partial charge in [-0.05, 0) is 67.6 Å². The molecule has 196 valence electrons. The Morgan fingerprint density at radius 1 is 1.11 bits per heavy atom. The Hall–Kier alpha value is -3.52. The predicted octanol–water partition coefficient (Wildman–Crippen LogP) is 4.90. The van der Waals surface area contributed by atoms with Gasteiger partial charge in [0, 0.05) is 48.8 Å². The third kappa shape index (κ3) is 7.26. The molecule has 8 heteroatoms. The first kappa shape index (κ1) is 26.5. The molecule has 0 unspecified atom stereocenters. The fraction of sp³-hybridized carbons (Fsp3) is 0.448. The number of nitrogens with zero attached hydrogens (tertiary/aromatic N) is 3. The molecule has 2 aromatic heterocycles. The van der Waals surface area contributed by atoms with Gasteiger partial charge in [0.05, 0.1) is 11.3 Å². The van der Waals surface area contributed by atoms with Gasteiger partial charge in [-0.2, -0.15) is 0 Å². The molecular formula is C29H37N5O3. The lowest BCUT2D eigenvalue weighted by atomic mass is 10.0. The molecule has 0 atom stereocenters. The van der Waals surface area contributed by atoms with Gasteiger partial charge < -0.3 is 20.1 Å². The Balaban J connectivity index is 1.57. The van der Waals surface area contributed by atoms with Gasteiger partial charge in [0.1, 0.15) is 6.26 Å². The fourth-order valence-corrected chi connectivity index (χ4v) is 4.64. The molecule has 3 aromatic rings. The van der Waals surface area contributed by atoms with Crippen LogP contribution in [0.2, 0.25) is 0 Å². The number of hydrogen-bond donors (Lipinski definition) is 2. The van der Waals surface area contributed by atoms with E-state index in [0.29, 0.717) is 36.7 Å². The summed E-state index contributed by atoms with van der Waals surface area (Å²) in [6, 6.07) is 9.17. The van der Waals surface area contributed by atoms with Gasteiger partial charge in [-0.25, -0.2) is 0 Å². The van der Waals surface area contributed by atoms with Crippen molar-refractivity contribution in [3.05, 3.63) is 76.9 Å². The Labute approximate surface area is 218 Å². The molecule has 2 amide bonds. The van der Waals surface area contributed by atoms with Gasteiger partial charge in [0.2, 0.25) is 0 Å². The molecule has 0 fully saturated rings. The summed E-state index contributed by atoms with van der Waals surface area (Å²) in [5.74, 6) is 0.198. The first-order valence-corrected chi connectivity index (χ1v) is 13.3. The number of pyridine rings is 1. The molecule has 1 aliphatic rings. The number of hydrogen-bond acceptors (Lipinski definition) is 6. The molecule has 0 saturated carbocycles. The van der Waals surface area contributed by atoms with Crippen molar-refractivity contribution in [3.63, 3.8) is 0 Å². The van der Waals surface area contributed by atoms with Crippen LogP contribution in [-0.4, -0.2) is 35.0 Å². The number of carbonyl (C=O) groups excluding carboxylic acids is 2. The summed E-state index contributed by atoms with van der Waals surface area (Å²) in [7, 11) is 0. The van der Waals surface area contributed by atoms with Crippen molar-refractivity contribution >= 4 is 17.5 Å². The van der Waals surface area contributed by atoms with E-state index in [1.165, 1.54) is 6.42 Å². The zero-order valence-corrected chi connectivity index (χ0v) is 21.8. The molecule has 0 saturated heterocycles. The molecule has 8 nitrogen and oxygen atoms in total. The SMILES string of the molecule is CC(C)Cc1nocc1CNC(=O)c1ccc2c(c1)CNCCCCCCCN2C(=O)c1cccnc1. The van der Waals surface area contributed by atoms with E-state index in [0.717, 1.165) is 61.2 Å². The minimum atomic E-state index is -0.171. The van der Waals surface area contributed by atoms with E-state index in [1.807, 2.05) is 17.0 Å². The number of amides is 2. The second kappa shape index (κ2) is 13.1. The lowest BCUT2D eigenvalue weighted by molar-refractivity contribution is 0.0949. The van der Waals surface area contributed by atoms with Crippen LogP contribution in [0.5, 0.6) is 0 Å². The topological polar surface area (TPSA) is 100 Å². The van der Waals surface area contributed by atoms with Crippen molar-refractivity contribution < 1.29 is 14.1 Å². The van der Waals surface area contributed by atoms with E-state index >= 15 is 0 Å². The summed E-state index contributed by atoms with van der Waals surface area (Å²) >= 11 is 0. The van der Waals surface area contributed by atoms with Crippen LogP contribution in [0.3, 0.4) is 0 Å². The molecule has 1 aromatic carbocycles. The number of fused-ring (bicyclic) bond motifs is 1. The summed E-state index contributed by atoms with van der Waals surface area (Å²) < 4.78 is 5.15. The number of aromatic nitrogens is 2. The van der Waals surface area contributed by atoms with Crippen molar-refractivity contribution in [2.45, 2.75) is 65.5 Å². The minimum Gasteiger partial charge on any atom is -0.364 e. The minimum absolute atomic E-state index is 0.0752. The summed E-state index contributed by atoms with van der Waals surface area (Å²) in [5, 5.41) is 10.6. The maximum atomic E-state index is 13.5. The highest BCUT2D eigenvalue weighted by Crippen LogP contribution is 2.26. The van der Waals surface area contributed by atoms with Crippen molar-refractivity contribution in [2.24, 2.45) is 5.92 Å². The number of anilines is 1. The third-order valence-electron chi connectivity index (χ3n) is 6.61. The Bertz CT molecular complexity index is 1180. The molecule has 0 bridgehead atoms. The number of carbonyl (C=O) groups is 2. The van der Waals surface area contributed by atoms with Crippen molar-refractivity contribution in [1.82, 2.24) is 20.8 Å². The summed E-state index contributed by atoms with van der Waals surface area (Å²) in [5.41, 5.74) is 4.64. The highest BCUT2D eigenvalue weighted by atomic mass is 16.5. The van der Waals surface area contributed by atoms with E-state index in [4.69, 9.17) is 4.52 Å². The monoisotopic (exact) mass is 503 g/mol. The van der Waals surface area contributed by atoms with Crippen LogP contribution in [0.25, 0.3) is 0 Å². The Morgan fingerprint density at radius 2 is 1.95 bits per heavy atom. The fourth-order valence-electron chi connectivity index (χ4n) is 4.64. The molecule has 2 N–H and O–H groups in total. The molecule has 37 heavy (non-hydrogen) atoms. The Morgan fingerprint density at radius 3 is 2.76 bits per heavy atom. The van der Waals surface area contributed by atoms with Crippen LogP contribution in [0.4, 0.5) is 5.69 Å². The van der Waals surface area contributed by atoms with E-state index in [-0.39, 0.29) is 11.8 Å². The first-order valence-electron chi connectivity index (χ1n) is 13.3. The molecule has 0 aliphatic carbocycles. The Kier molecular flexibility index (Phi) is 9.43. The summed E-state index contributed by atoms with van der Waals surface area (Å²) in [6.07, 6.45) is 11.1. The lowest BCUT2D eigenvalue weighted by Crippen LogP contribution is -2.34. The summed E-state index contributed by atoms with van der Waals surface area (Å²) in [4.78, 5) is 32.6. The van der Waals surface area contributed by atoms with Gasteiger partial charge in [0.25, 0.3) is 11.8 Å². The molecule has 4 rings (SSSR count). The van der Waals surface area contributed by atoms with Gasteiger partial charge in [-0.3, -0.25) is 14.6 Å². The number of nitrogens with one attached hydrogen (secondary N) is 2. The second-order valence-corrected chi connectivity index (χ2v) is 10.1.